The molecule has 3 nitrogen and oxygen atoms in total. The number of hydrogen-bond acceptors (Lipinski definition) is 3. The molecule has 2 unspecified atom stereocenters. The highest BCUT2D eigenvalue weighted by Gasteiger charge is 2.24. The van der Waals surface area contributed by atoms with Crippen molar-refractivity contribution in [2.24, 2.45) is 11.8 Å². The van der Waals surface area contributed by atoms with E-state index in [4.69, 9.17) is 4.74 Å². The molecule has 0 aromatic rings. The van der Waals surface area contributed by atoms with Crippen LogP contribution in [0.2, 0.25) is 0 Å². The Kier molecular flexibility index (Phi) is 7.44. The van der Waals surface area contributed by atoms with Gasteiger partial charge in [-0.05, 0) is 39.5 Å². The molecule has 0 aromatic heterocycles. The summed E-state index contributed by atoms with van der Waals surface area (Å²) >= 11 is 0. The van der Waals surface area contributed by atoms with E-state index in [1.54, 1.807) is 0 Å². The summed E-state index contributed by atoms with van der Waals surface area (Å²) in [6.07, 6.45) is 4.02. The zero-order valence-electron chi connectivity index (χ0n) is 12.0. The number of aliphatic hydroxyl groups excluding tert-OH is 1. The van der Waals surface area contributed by atoms with Crippen LogP contribution in [-0.4, -0.2) is 23.3 Å². The molecular formula is C14H28O3. The van der Waals surface area contributed by atoms with Crippen LogP contribution in [0.5, 0.6) is 0 Å². The van der Waals surface area contributed by atoms with Crippen LogP contribution < -0.4 is 0 Å². The summed E-state index contributed by atoms with van der Waals surface area (Å²) in [5.41, 5.74) is -0.473. The van der Waals surface area contributed by atoms with Gasteiger partial charge in [0.2, 0.25) is 0 Å². The second-order valence-corrected chi connectivity index (χ2v) is 5.88. The SMILES string of the molecule is CCCC(C)CCC(CO)C(=O)OC(C)(C)C. The molecule has 0 amide bonds. The number of aliphatic hydroxyl groups is 1. The van der Waals surface area contributed by atoms with Crippen molar-refractivity contribution in [2.45, 2.75) is 65.9 Å². The number of carbonyl (C=O) groups is 1. The van der Waals surface area contributed by atoms with E-state index >= 15 is 0 Å². The van der Waals surface area contributed by atoms with Crippen molar-refractivity contribution in [1.29, 1.82) is 0 Å². The normalized spacial score (nSPS) is 15.4. The quantitative estimate of drug-likeness (QED) is 0.700. The van der Waals surface area contributed by atoms with Crippen molar-refractivity contribution in [2.75, 3.05) is 6.61 Å². The maximum absolute atomic E-state index is 11.8. The highest BCUT2D eigenvalue weighted by Crippen LogP contribution is 2.19. The van der Waals surface area contributed by atoms with Gasteiger partial charge in [-0.2, -0.15) is 0 Å². The fraction of sp³-hybridized carbons (Fsp3) is 0.929. The third-order valence-corrected chi connectivity index (χ3v) is 2.75. The molecule has 0 radical (unpaired) electrons. The fourth-order valence-electron chi connectivity index (χ4n) is 1.79. The van der Waals surface area contributed by atoms with E-state index in [2.05, 4.69) is 13.8 Å². The maximum atomic E-state index is 11.8. The lowest BCUT2D eigenvalue weighted by molar-refractivity contribution is -0.161. The van der Waals surface area contributed by atoms with Gasteiger partial charge in [-0.15, -0.1) is 0 Å². The summed E-state index contributed by atoms with van der Waals surface area (Å²) in [4.78, 5) is 11.8. The van der Waals surface area contributed by atoms with E-state index in [1.807, 2.05) is 20.8 Å². The average molecular weight is 244 g/mol. The molecule has 0 saturated heterocycles. The van der Waals surface area contributed by atoms with Gasteiger partial charge in [0.15, 0.2) is 0 Å². The molecule has 0 spiro atoms. The van der Waals surface area contributed by atoms with Crippen LogP contribution in [0, 0.1) is 11.8 Å². The second kappa shape index (κ2) is 7.70. The molecule has 0 aliphatic rings. The minimum atomic E-state index is -0.473. The first-order chi connectivity index (χ1) is 7.80. The number of rotatable bonds is 7. The summed E-state index contributed by atoms with van der Waals surface area (Å²) in [7, 11) is 0. The van der Waals surface area contributed by atoms with Crippen LogP contribution in [0.1, 0.15) is 60.3 Å². The summed E-state index contributed by atoms with van der Waals surface area (Å²) in [6.45, 7) is 9.77. The number of esters is 1. The van der Waals surface area contributed by atoms with Crippen molar-refractivity contribution in [3.8, 4) is 0 Å². The molecule has 0 aromatic carbocycles. The van der Waals surface area contributed by atoms with Gasteiger partial charge in [0.25, 0.3) is 0 Å². The third-order valence-electron chi connectivity index (χ3n) is 2.75. The zero-order valence-corrected chi connectivity index (χ0v) is 12.0. The van der Waals surface area contributed by atoms with Crippen molar-refractivity contribution in [1.82, 2.24) is 0 Å². The van der Waals surface area contributed by atoms with E-state index in [-0.39, 0.29) is 18.5 Å². The van der Waals surface area contributed by atoms with Gasteiger partial charge >= 0.3 is 5.97 Å². The molecule has 1 N–H and O–H groups in total. The molecule has 17 heavy (non-hydrogen) atoms. The maximum Gasteiger partial charge on any atom is 0.311 e. The van der Waals surface area contributed by atoms with Gasteiger partial charge in [0, 0.05) is 0 Å². The first-order valence-electron chi connectivity index (χ1n) is 6.63. The van der Waals surface area contributed by atoms with E-state index in [0.717, 1.165) is 12.8 Å². The molecule has 0 bridgehead atoms. The minimum absolute atomic E-state index is 0.117. The highest BCUT2D eigenvalue weighted by atomic mass is 16.6. The largest absolute Gasteiger partial charge is 0.460 e. The Balaban J connectivity index is 4.10. The van der Waals surface area contributed by atoms with Crippen LogP contribution in [0.15, 0.2) is 0 Å². The van der Waals surface area contributed by atoms with Gasteiger partial charge in [0.1, 0.15) is 5.60 Å². The molecule has 102 valence electrons. The Hall–Kier alpha value is -0.570. The lowest BCUT2D eigenvalue weighted by atomic mass is 9.94. The molecule has 0 rings (SSSR count). The van der Waals surface area contributed by atoms with E-state index in [0.29, 0.717) is 12.3 Å². The van der Waals surface area contributed by atoms with Crippen molar-refractivity contribution < 1.29 is 14.6 Å². The standard InChI is InChI=1S/C14H28O3/c1-6-7-11(2)8-9-12(10-15)13(16)17-14(3,4)5/h11-12,15H,6-10H2,1-5H3. The fourth-order valence-corrected chi connectivity index (χ4v) is 1.79. The Morgan fingerprint density at radius 3 is 2.24 bits per heavy atom. The van der Waals surface area contributed by atoms with E-state index < -0.39 is 5.60 Å². The lowest BCUT2D eigenvalue weighted by Crippen LogP contribution is -2.30. The van der Waals surface area contributed by atoms with E-state index in [1.165, 1.54) is 6.42 Å². The predicted molar refractivity (Wildman–Crippen MR) is 69.7 cm³/mol. The van der Waals surface area contributed by atoms with Crippen molar-refractivity contribution in [3.05, 3.63) is 0 Å². The van der Waals surface area contributed by atoms with Crippen LogP contribution in [-0.2, 0) is 9.53 Å². The molecule has 0 saturated carbocycles. The van der Waals surface area contributed by atoms with Gasteiger partial charge in [-0.25, -0.2) is 0 Å². The lowest BCUT2D eigenvalue weighted by Gasteiger charge is -2.23. The minimum Gasteiger partial charge on any atom is -0.460 e. The van der Waals surface area contributed by atoms with Crippen LogP contribution in [0.3, 0.4) is 0 Å². The Labute approximate surface area is 106 Å². The Morgan fingerprint density at radius 2 is 1.82 bits per heavy atom. The predicted octanol–water partition coefficient (Wildman–Crippen LogP) is 3.15. The van der Waals surface area contributed by atoms with Crippen molar-refractivity contribution in [3.63, 3.8) is 0 Å². The van der Waals surface area contributed by atoms with Crippen LogP contribution in [0.4, 0.5) is 0 Å². The highest BCUT2D eigenvalue weighted by molar-refractivity contribution is 5.72. The Morgan fingerprint density at radius 1 is 1.24 bits per heavy atom. The van der Waals surface area contributed by atoms with Crippen LogP contribution in [0.25, 0.3) is 0 Å². The molecular weight excluding hydrogens is 216 g/mol. The average Bonchev–Trinajstić information content (AvgIpc) is 2.16. The number of ether oxygens (including phenoxy) is 1. The first-order valence-corrected chi connectivity index (χ1v) is 6.63. The number of hydrogen-bond donors (Lipinski definition) is 1. The van der Waals surface area contributed by atoms with Crippen molar-refractivity contribution >= 4 is 5.97 Å². The Bertz CT molecular complexity index is 218. The van der Waals surface area contributed by atoms with Gasteiger partial charge in [0.05, 0.1) is 12.5 Å². The molecule has 2 atom stereocenters. The van der Waals surface area contributed by atoms with Gasteiger partial charge in [-0.1, -0.05) is 26.7 Å². The van der Waals surface area contributed by atoms with Gasteiger partial charge < -0.3 is 9.84 Å². The third kappa shape index (κ3) is 8.19. The molecule has 0 aliphatic heterocycles. The molecule has 0 heterocycles. The molecule has 3 heteroatoms. The molecule has 0 fully saturated rings. The van der Waals surface area contributed by atoms with Gasteiger partial charge in [-0.3, -0.25) is 4.79 Å². The zero-order chi connectivity index (χ0) is 13.5. The summed E-state index contributed by atoms with van der Waals surface area (Å²) in [6, 6.07) is 0. The molecule has 0 aliphatic carbocycles. The monoisotopic (exact) mass is 244 g/mol. The number of carbonyl (C=O) groups excluding carboxylic acids is 1. The summed E-state index contributed by atoms with van der Waals surface area (Å²) in [5, 5.41) is 9.24. The second-order valence-electron chi connectivity index (χ2n) is 5.88. The van der Waals surface area contributed by atoms with E-state index in [9.17, 15) is 9.90 Å². The smallest absolute Gasteiger partial charge is 0.311 e. The first kappa shape index (κ1) is 16.4. The summed E-state index contributed by atoms with van der Waals surface area (Å²) in [5.74, 6) is -0.0336. The summed E-state index contributed by atoms with van der Waals surface area (Å²) < 4.78 is 5.28. The van der Waals surface area contributed by atoms with Crippen LogP contribution >= 0.6 is 0 Å². The topological polar surface area (TPSA) is 46.5 Å².